The molecule has 1 aromatic rings. The summed E-state index contributed by atoms with van der Waals surface area (Å²) in [5.41, 5.74) is 1.38. The van der Waals surface area contributed by atoms with E-state index in [1.807, 2.05) is 6.07 Å². The molecule has 1 amide bonds. The van der Waals surface area contributed by atoms with Crippen molar-refractivity contribution in [3.63, 3.8) is 0 Å². The molecule has 5 heteroatoms. The van der Waals surface area contributed by atoms with E-state index < -0.39 is 0 Å². The fourth-order valence-corrected chi connectivity index (χ4v) is 2.85. The minimum absolute atomic E-state index is 0.00395. The highest BCUT2D eigenvalue weighted by molar-refractivity contribution is 5.93. The van der Waals surface area contributed by atoms with Gasteiger partial charge in [-0.05, 0) is 31.4 Å². The number of aromatic nitrogens is 1. The molecule has 1 saturated carbocycles. The summed E-state index contributed by atoms with van der Waals surface area (Å²) < 4.78 is 0. The van der Waals surface area contributed by atoms with Crippen LogP contribution in [0.2, 0.25) is 0 Å². The Balaban J connectivity index is 2.11. The van der Waals surface area contributed by atoms with Gasteiger partial charge in [0.2, 0.25) is 0 Å². The normalized spacial score (nSPS) is 15.1. The third kappa shape index (κ3) is 4.17. The van der Waals surface area contributed by atoms with Gasteiger partial charge in [0.1, 0.15) is 5.69 Å². The number of rotatable bonds is 7. The Morgan fingerprint density at radius 1 is 1.48 bits per heavy atom. The van der Waals surface area contributed by atoms with Crippen molar-refractivity contribution in [1.82, 2.24) is 9.88 Å². The van der Waals surface area contributed by atoms with Crippen LogP contribution in [-0.4, -0.2) is 46.6 Å². The molecule has 1 aromatic heterocycles. The maximum Gasteiger partial charge on any atom is 0.272 e. The van der Waals surface area contributed by atoms with E-state index in [0.717, 1.165) is 44.3 Å². The van der Waals surface area contributed by atoms with Crippen LogP contribution >= 0.6 is 0 Å². The number of pyridine rings is 1. The second-order valence-electron chi connectivity index (χ2n) is 5.52. The van der Waals surface area contributed by atoms with Gasteiger partial charge in [-0.15, -0.1) is 0 Å². The molecular formula is C16H25N3O2. The molecule has 0 unspecified atom stereocenters. The van der Waals surface area contributed by atoms with Gasteiger partial charge in [-0.25, -0.2) is 0 Å². The van der Waals surface area contributed by atoms with E-state index in [0.29, 0.717) is 12.2 Å². The molecule has 2 N–H and O–H groups in total. The van der Waals surface area contributed by atoms with Gasteiger partial charge in [-0.3, -0.25) is 9.78 Å². The summed E-state index contributed by atoms with van der Waals surface area (Å²) in [6.45, 7) is 3.36. The van der Waals surface area contributed by atoms with Crippen molar-refractivity contribution in [2.45, 2.75) is 45.1 Å². The van der Waals surface area contributed by atoms with Crippen molar-refractivity contribution in [3.05, 3.63) is 24.0 Å². The molecule has 0 aliphatic heterocycles. The molecule has 0 aromatic carbocycles. The predicted molar refractivity (Wildman–Crippen MR) is 83.4 cm³/mol. The molecule has 1 heterocycles. The zero-order valence-electron chi connectivity index (χ0n) is 12.7. The smallest absolute Gasteiger partial charge is 0.272 e. The van der Waals surface area contributed by atoms with Crippen molar-refractivity contribution in [1.29, 1.82) is 0 Å². The molecule has 0 saturated heterocycles. The lowest BCUT2D eigenvalue weighted by atomic mass is 10.2. The topological polar surface area (TPSA) is 65.5 Å². The maximum atomic E-state index is 12.7. The van der Waals surface area contributed by atoms with Crippen molar-refractivity contribution in [2.24, 2.45) is 0 Å². The SMILES string of the molecule is CCCNc1ccnc(C(=O)N(CCO)C2CCCC2)c1. The van der Waals surface area contributed by atoms with E-state index in [4.69, 9.17) is 0 Å². The van der Waals surface area contributed by atoms with Crippen LogP contribution < -0.4 is 5.32 Å². The Morgan fingerprint density at radius 3 is 2.90 bits per heavy atom. The Labute approximate surface area is 126 Å². The van der Waals surface area contributed by atoms with Crippen LogP contribution in [0.25, 0.3) is 0 Å². The number of carbonyl (C=O) groups is 1. The van der Waals surface area contributed by atoms with Crippen LogP contribution in [0.3, 0.4) is 0 Å². The first-order valence-electron chi connectivity index (χ1n) is 7.88. The van der Waals surface area contributed by atoms with Crippen LogP contribution in [0.1, 0.15) is 49.5 Å². The van der Waals surface area contributed by atoms with Gasteiger partial charge in [-0.1, -0.05) is 19.8 Å². The summed E-state index contributed by atoms with van der Waals surface area (Å²) in [5, 5.41) is 12.5. The molecule has 0 atom stereocenters. The molecule has 0 spiro atoms. The lowest BCUT2D eigenvalue weighted by molar-refractivity contribution is 0.0632. The molecule has 2 rings (SSSR count). The van der Waals surface area contributed by atoms with Crippen LogP contribution in [0.5, 0.6) is 0 Å². The molecule has 1 aliphatic carbocycles. The van der Waals surface area contributed by atoms with Gasteiger partial charge >= 0.3 is 0 Å². The fourth-order valence-electron chi connectivity index (χ4n) is 2.85. The largest absolute Gasteiger partial charge is 0.395 e. The number of hydrogen-bond donors (Lipinski definition) is 2. The molecule has 1 aliphatic rings. The van der Waals surface area contributed by atoms with Gasteiger partial charge in [-0.2, -0.15) is 0 Å². The summed E-state index contributed by atoms with van der Waals surface area (Å²) >= 11 is 0. The first kappa shape index (κ1) is 15.8. The third-order valence-corrected chi connectivity index (χ3v) is 3.93. The van der Waals surface area contributed by atoms with Crippen LogP contribution in [0, 0.1) is 0 Å². The molecule has 1 fully saturated rings. The molecular weight excluding hydrogens is 266 g/mol. The third-order valence-electron chi connectivity index (χ3n) is 3.93. The van der Waals surface area contributed by atoms with Crippen molar-refractivity contribution >= 4 is 11.6 Å². The van der Waals surface area contributed by atoms with Gasteiger partial charge in [0.25, 0.3) is 5.91 Å². The molecule has 5 nitrogen and oxygen atoms in total. The van der Waals surface area contributed by atoms with Crippen LogP contribution in [-0.2, 0) is 0 Å². The van der Waals surface area contributed by atoms with Crippen LogP contribution in [0.4, 0.5) is 5.69 Å². The lowest BCUT2D eigenvalue weighted by Gasteiger charge is -2.28. The van der Waals surface area contributed by atoms with Crippen LogP contribution in [0.15, 0.2) is 18.3 Å². The number of carbonyl (C=O) groups excluding carboxylic acids is 1. The summed E-state index contributed by atoms with van der Waals surface area (Å²) in [5.74, 6) is -0.0731. The summed E-state index contributed by atoms with van der Waals surface area (Å²) in [6, 6.07) is 3.93. The van der Waals surface area contributed by atoms with Gasteiger partial charge in [0, 0.05) is 31.0 Å². The zero-order valence-corrected chi connectivity index (χ0v) is 12.7. The average molecular weight is 291 g/mol. The summed E-state index contributed by atoms with van der Waals surface area (Å²) in [6.07, 6.45) is 7.07. The Hall–Kier alpha value is -1.62. The minimum Gasteiger partial charge on any atom is -0.395 e. The number of amides is 1. The van der Waals surface area contributed by atoms with Crippen molar-refractivity contribution in [3.8, 4) is 0 Å². The summed E-state index contributed by atoms with van der Waals surface area (Å²) in [7, 11) is 0. The van der Waals surface area contributed by atoms with E-state index in [1.54, 1.807) is 17.2 Å². The van der Waals surface area contributed by atoms with E-state index in [-0.39, 0.29) is 18.6 Å². The molecule has 0 radical (unpaired) electrons. The first-order chi connectivity index (χ1) is 10.3. The standard InChI is InChI=1S/C16H25N3O2/c1-2-8-17-13-7-9-18-15(12-13)16(21)19(10-11-20)14-5-3-4-6-14/h7,9,12,14,20H,2-6,8,10-11H2,1H3,(H,17,18). The number of anilines is 1. The molecule has 0 bridgehead atoms. The zero-order chi connectivity index (χ0) is 15.1. The van der Waals surface area contributed by atoms with Crippen molar-refractivity contribution in [2.75, 3.05) is 25.0 Å². The second kappa shape index (κ2) is 7.98. The molecule has 116 valence electrons. The van der Waals surface area contributed by atoms with Crippen molar-refractivity contribution < 1.29 is 9.90 Å². The van der Waals surface area contributed by atoms with E-state index in [9.17, 15) is 9.90 Å². The quantitative estimate of drug-likeness (QED) is 0.809. The highest BCUT2D eigenvalue weighted by Gasteiger charge is 2.27. The minimum atomic E-state index is -0.0731. The first-order valence-corrected chi connectivity index (χ1v) is 7.88. The van der Waals surface area contributed by atoms with E-state index in [1.165, 1.54) is 0 Å². The predicted octanol–water partition coefficient (Wildman–Crippen LogP) is 2.28. The second-order valence-corrected chi connectivity index (χ2v) is 5.52. The molecule has 21 heavy (non-hydrogen) atoms. The maximum absolute atomic E-state index is 12.7. The van der Waals surface area contributed by atoms with Gasteiger partial charge in [0.15, 0.2) is 0 Å². The number of aliphatic hydroxyl groups excluding tert-OH is 1. The number of aliphatic hydroxyl groups is 1. The number of nitrogens with one attached hydrogen (secondary N) is 1. The Morgan fingerprint density at radius 2 is 2.24 bits per heavy atom. The number of nitrogens with zero attached hydrogens (tertiary/aromatic N) is 2. The van der Waals surface area contributed by atoms with Gasteiger partial charge < -0.3 is 15.3 Å². The highest BCUT2D eigenvalue weighted by atomic mass is 16.3. The Bertz CT molecular complexity index is 459. The van der Waals surface area contributed by atoms with Gasteiger partial charge in [0.05, 0.1) is 6.61 Å². The lowest BCUT2D eigenvalue weighted by Crippen LogP contribution is -2.41. The van der Waals surface area contributed by atoms with E-state index >= 15 is 0 Å². The summed E-state index contributed by atoms with van der Waals surface area (Å²) in [4.78, 5) is 18.7. The number of hydrogen-bond acceptors (Lipinski definition) is 4. The highest BCUT2D eigenvalue weighted by Crippen LogP contribution is 2.24. The fraction of sp³-hybridized carbons (Fsp3) is 0.625. The Kier molecular flexibility index (Phi) is 5.99. The average Bonchev–Trinajstić information content (AvgIpc) is 3.04. The monoisotopic (exact) mass is 291 g/mol. The van der Waals surface area contributed by atoms with E-state index in [2.05, 4.69) is 17.2 Å².